The molecule has 2 aliphatic heterocycles. The van der Waals surface area contributed by atoms with Gasteiger partial charge in [-0.25, -0.2) is 0 Å². The largest absolute Gasteiger partial charge is 0.312 e. The molecule has 2 unspecified atom stereocenters. The van der Waals surface area contributed by atoms with E-state index in [1.54, 1.807) is 0 Å². The molecule has 0 aliphatic carbocycles. The number of hydrogen-bond acceptors (Lipinski definition) is 3. The van der Waals surface area contributed by atoms with Gasteiger partial charge in [0, 0.05) is 12.6 Å². The molecule has 0 aromatic carbocycles. The molecule has 2 rings (SSSR count). The van der Waals surface area contributed by atoms with Crippen molar-refractivity contribution in [1.82, 2.24) is 10.6 Å². The van der Waals surface area contributed by atoms with Gasteiger partial charge in [0.1, 0.15) is 0 Å². The van der Waals surface area contributed by atoms with Crippen LogP contribution in [0.4, 0.5) is 0 Å². The Bertz CT molecular complexity index is 145. The number of rotatable bonds is 0. The fourth-order valence-corrected chi connectivity index (χ4v) is 3.29. The van der Waals surface area contributed by atoms with Crippen molar-refractivity contribution in [1.29, 1.82) is 0 Å². The van der Waals surface area contributed by atoms with E-state index in [2.05, 4.69) is 29.3 Å². The lowest BCUT2D eigenvalue weighted by atomic mass is 10.0. The molecule has 12 heavy (non-hydrogen) atoms. The lowest BCUT2D eigenvalue weighted by molar-refractivity contribution is 0.305. The van der Waals surface area contributed by atoms with Crippen molar-refractivity contribution in [3.8, 4) is 0 Å². The van der Waals surface area contributed by atoms with Gasteiger partial charge < -0.3 is 10.6 Å². The van der Waals surface area contributed by atoms with Crippen LogP contribution >= 0.6 is 11.8 Å². The second kappa shape index (κ2) is 3.56. The van der Waals surface area contributed by atoms with E-state index >= 15 is 0 Å². The van der Waals surface area contributed by atoms with E-state index in [1.807, 2.05) is 0 Å². The Balaban J connectivity index is 1.92. The van der Waals surface area contributed by atoms with Crippen molar-refractivity contribution in [3.05, 3.63) is 0 Å². The fourth-order valence-electron chi connectivity index (χ4n) is 1.96. The summed E-state index contributed by atoms with van der Waals surface area (Å²) in [6.45, 7) is 4.64. The molecule has 3 heteroatoms. The van der Waals surface area contributed by atoms with Crippen LogP contribution in [0, 0.1) is 0 Å². The van der Waals surface area contributed by atoms with Crippen LogP contribution in [-0.4, -0.2) is 29.8 Å². The van der Waals surface area contributed by atoms with E-state index in [4.69, 9.17) is 0 Å². The monoisotopic (exact) mass is 186 g/mol. The summed E-state index contributed by atoms with van der Waals surface area (Å²) in [6.07, 6.45) is 3.99. The highest BCUT2D eigenvalue weighted by Gasteiger charge is 2.35. The molecule has 2 nitrogen and oxygen atoms in total. The highest BCUT2D eigenvalue weighted by atomic mass is 32.2. The molecular formula is C9H18N2S. The average Bonchev–Trinajstić information content (AvgIpc) is 2.13. The molecule has 0 bridgehead atoms. The minimum absolute atomic E-state index is 0.394. The van der Waals surface area contributed by atoms with Gasteiger partial charge in [-0.2, -0.15) is 0 Å². The first-order valence-electron chi connectivity index (χ1n) is 4.93. The molecule has 2 fully saturated rings. The van der Waals surface area contributed by atoms with Crippen LogP contribution in [0.3, 0.4) is 0 Å². The minimum Gasteiger partial charge on any atom is -0.312 e. The smallest absolute Gasteiger partial charge is 0.0771 e. The predicted molar refractivity (Wildman–Crippen MR) is 54.5 cm³/mol. The normalized spacial score (nSPS) is 43.2. The van der Waals surface area contributed by atoms with Gasteiger partial charge in [0.05, 0.1) is 4.87 Å². The number of thioether (sulfide) groups is 1. The van der Waals surface area contributed by atoms with Crippen molar-refractivity contribution < 1.29 is 0 Å². The highest BCUT2D eigenvalue weighted by Crippen LogP contribution is 2.33. The molecular weight excluding hydrogens is 168 g/mol. The number of nitrogens with one attached hydrogen (secondary N) is 2. The molecule has 70 valence electrons. The Morgan fingerprint density at radius 2 is 2.42 bits per heavy atom. The van der Waals surface area contributed by atoms with Gasteiger partial charge in [-0.1, -0.05) is 0 Å². The van der Waals surface area contributed by atoms with Crippen LogP contribution in [0.15, 0.2) is 0 Å². The Morgan fingerprint density at radius 1 is 1.50 bits per heavy atom. The van der Waals surface area contributed by atoms with Gasteiger partial charge in [0.15, 0.2) is 0 Å². The maximum Gasteiger partial charge on any atom is 0.0771 e. The van der Waals surface area contributed by atoms with Gasteiger partial charge in [-0.15, -0.1) is 11.8 Å². The van der Waals surface area contributed by atoms with Crippen LogP contribution in [0.25, 0.3) is 0 Å². The maximum atomic E-state index is 3.66. The molecule has 2 atom stereocenters. The van der Waals surface area contributed by atoms with Crippen LogP contribution in [-0.2, 0) is 0 Å². The topological polar surface area (TPSA) is 24.1 Å². The summed E-state index contributed by atoms with van der Waals surface area (Å²) >= 11 is 2.11. The van der Waals surface area contributed by atoms with Crippen molar-refractivity contribution in [3.63, 3.8) is 0 Å². The van der Waals surface area contributed by atoms with Crippen LogP contribution in [0.5, 0.6) is 0 Å². The van der Waals surface area contributed by atoms with Crippen molar-refractivity contribution in [2.45, 2.75) is 37.1 Å². The molecule has 0 saturated carbocycles. The fraction of sp³-hybridized carbons (Fsp3) is 1.00. The summed E-state index contributed by atoms with van der Waals surface area (Å²) < 4.78 is 0. The van der Waals surface area contributed by atoms with E-state index in [1.165, 1.54) is 31.6 Å². The number of piperidine rings is 1. The molecule has 0 amide bonds. The van der Waals surface area contributed by atoms with Gasteiger partial charge in [0.2, 0.25) is 0 Å². The summed E-state index contributed by atoms with van der Waals surface area (Å²) in [4.78, 5) is 0.394. The van der Waals surface area contributed by atoms with Crippen LogP contribution < -0.4 is 10.6 Å². The highest BCUT2D eigenvalue weighted by molar-refractivity contribution is 8.00. The zero-order chi connectivity index (χ0) is 8.44. The molecule has 2 aliphatic rings. The molecule has 2 N–H and O–H groups in total. The van der Waals surface area contributed by atoms with E-state index in [0.717, 1.165) is 12.6 Å². The molecule has 2 heterocycles. The third kappa shape index (κ3) is 1.78. The second-order valence-electron chi connectivity index (χ2n) is 3.94. The first-order valence-corrected chi connectivity index (χ1v) is 5.92. The first-order chi connectivity index (χ1) is 5.81. The zero-order valence-electron chi connectivity index (χ0n) is 7.73. The van der Waals surface area contributed by atoms with Gasteiger partial charge in [-0.05, 0) is 38.5 Å². The summed E-state index contributed by atoms with van der Waals surface area (Å²) in [5.74, 6) is 1.34. The van der Waals surface area contributed by atoms with E-state index in [-0.39, 0.29) is 0 Å². The van der Waals surface area contributed by atoms with E-state index in [0.29, 0.717) is 4.87 Å². The SMILES string of the molecule is CC1CCC2(CN1)NCCCS2. The standard InChI is InChI=1S/C9H18N2S/c1-8-3-4-9(7-10-8)11-5-2-6-12-9/h8,10-11H,2-7H2,1H3. The Morgan fingerprint density at radius 3 is 3.00 bits per heavy atom. The third-order valence-electron chi connectivity index (χ3n) is 2.86. The Kier molecular flexibility index (Phi) is 2.63. The lowest BCUT2D eigenvalue weighted by Gasteiger charge is -2.42. The third-order valence-corrected chi connectivity index (χ3v) is 4.40. The van der Waals surface area contributed by atoms with E-state index < -0.39 is 0 Å². The van der Waals surface area contributed by atoms with Crippen LogP contribution in [0.2, 0.25) is 0 Å². The van der Waals surface area contributed by atoms with Crippen molar-refractivity contribution in [2.75, 3.05) is 18.8 Å². The molecule has 1 spiro atoms. The summed E-state index contributed by atoms with van der Waals surface area (Å²) in [5.41, 5.74) is 0. The van der Waals surface area contributed by atoms with Gasteiger partial charge in [0.25, 0.3) is 0 Å². The summed E-state index contributed by atoms with van der Waals surface area (Å²) in [6, 6.07) is 0.722. The summed E-state index contributed by atoms with van der Waals surface area (Å²) in [5, 5.41) is 7.21. The lowest BCUT2D eigenvalue weighted by Crippen LogP contribution is -2.57. The molecule has 0 radical (unpaired) electrons. The quantitative estimate of drug-likeness (QED) is 0.594. The predicted octanol–water partition coefficient (Wildman–Crippen LogP) is 1.18. The Labute approximate surface area is 78.9 Å². The molecule has 0 aromatic rings. The zero-order valence-corrected chi connectivity index (χ0v) is 8.54. The number of hydrogen-bond donors (Lipinski definition) is 2. The first kappa shape index (κ1) is 8.85. The van der Waals surface area contributed by atoms with Crippen molar-refractivity contribution in [2.24, 2.45) is 0 Å². The minimum atomic E-state index is 0.394. The second-order valence-corrected chi connectivity index (χ2v) is 5.42. The maximum absolute atomic E-state index is 3.66. The average molecular weight is 186 g/mol. The van der Waals surface area contributed by atoms with E-state index in [9.17, 15) is 0 Å². The van der Waals surface area contributed by atoms with Gasteiger partial charge in [-0.3, -0.25) is 0 Å². The summed E-state index contributed by atoms with van der Waals surface area (Å²) in [7, 11) is 0. The Hall–Kier alpha value is 0.270. The molecule has 0 aromatic heterocycles. The van der Waals surface area contributed by atoms with Crippen molar-refractivity contribution >= 4 is 11.8 Å². The van der Waals surface area contributed by atoms with Crippen LogP contribution in [0.1, 0.15) is 26.2 Å². The molecule has 2 saturated heterocycles. The van der Waals surface area contributed by atoms with Gasteiger partial charge >= 0.3 is 0 Å².